The van der Waals surface area contributed by atoms with E-state index in [1.165, 1.54) is 0 Å². The van der Waals surface area contributed by atoms with Crippen molar-refractivity contribution in [2.24, 2.45) is 5.92 Å². The number of benzene rings is 1. The van der Waals surface area contributed by atoms with Gasteiger partial charge < -0.3 is 14.5 Å². The van der Waals surface area contributed by atoms with Gasteiger partial charge in [-0.25, -0.2) is 4.98 Å². The van der Waals surface area contributed by atoms with Crippen LogP contribution in [0.15, 0.2) is 41.1 Å². The van der Waals surface area contributed by atoms with Gasteiger partial charge >= 0.3 is 0 Å². The van der Waals surface area contributed by atoms with Gasteiger partial charge in [0.1, 0.15) is 11.6 Å². The molecule has 23 heavy (non-hydrogen) atoms. The lowest BCUT2D eigenvalue weighted by Gasteiger charge is -2.16. The molecule has 118 valence electrons. The average Bonchev–Trinajstić information content (AvgIpc) is 3.13. The molecule has 0 radical (unpaired) electrons. The minimum atomic E-state index is -0.409. The van der Waals surface area contributed by atoms with Gasteiger partial charge in [-0.05, 0) is 19.1 Å². The lowest BCUT2D eigenvalue weighted by Crippen LogP contribution is -2.22. The molecular weight excluding hydrogens is 292 g/mol. The molecular formula is C17H18N4O2. The van der Waals surface area contributed by atoms with E-state index in [1.54, 1.807) is 6.20 Å². The van der Waals surface area contributed by atoms with E-state index < -0.39 is 6.10 Å². The zero-order valence-electron chi connectivity index (χ0n) is 12.9. The molecule has 0 aliphatic carbocycles. The van der Waals surface area contributed by atoms with E-state index in [4.69, 9.17) is 4.52 Å². The van der Waals surface area contributed by atoms with Crippen molar-refractivity contribution in [3.05, 3.63) is 48.0 Å². The number of nitrogens with zero attached hydrogens (tertiary/aromatic N) is 4. The molecule has 1 fully saturated rings. The third-order valence-corrected chi connectivity index (χ3v) is 4.31. The Labute approximate surface area is 133 Å². The molecule has 1 saturated heterocycles. The van der Waals surface area contributed by atoms with Crippen LogP contribution in [0.5, 0.6) is 0 Å². The highest BCUT2D eigenvalue weighted by Crippen LogP contribution is 2.26. The molecule has 2 atom stereocenters. The zero-order chi connectivity index (χ0) is 15.8. The van der Waals surface area contributed by atoms with Crippen molar-refractivity contribution in [3.8, 4) is 0 Å². The number of aliphatic hydroxyl groups excluding tert-OH is 1. The molecule has 6 heteroatoms. The fourth-order valence-electron chi connectivity index (χ4n) is 3.11. The maximum Gasteiger partial charge on any atom is 0.147 e. The third kappa shape index (κ3) is 2.77. The van der Waals surface area contributed by atoms with Crippen LogP contribution in [0.4, 0.5) is 5.82 Å². The Morgan fingerprint density at radius 1 is 1.26 bits per heavy atom. The minimum absolute atomic E-state index is 0.107. The summed E-state index contributed by atoms with van der Waals surface area (Å²) >= 11 is 0. The Morgan fingerprint density at radius 2 is 2.09 bits per heavy atom. The average molecular weight is 310 g/mol. The minimum Gasteiger partial charge on any atom is -0.391 e. The smallest absolute Gasteiger partial charge is 0.147 e. The number of anilines is 1. The monoisotopic (exact) mass is 310 g/mol. The van der Waals surface area contributed by atoms with E-state index in [0.29, 0.717) is 13.0 Å². The molecule has 0 amide bonds. The van der Waals surface area contributed by atoms with Crippen molar-refractivity contribution >= 4 is 16.9 Å². The van der Waals surface area contributed by atoms with Crippen molar-refractivity contribution in [3.63, 3.8) is 0 Å². The largest absolute Gasteiger partial charge is 0.391 e. The van der Waals surface area contributed by atoms with Gasteiger partial charge in [0, 0.05) is 31.5 Å². The van der Waals surface area contributed by atoms with Crippen molar-refractivity contribution in [2.75, 3.05) is 18.0 Å². The van der Waals surface area contributed by atoms with E-state index in [1.807, 2.05) is 37.3 Å². The SMILES string of the molecule is Cc1cc(C[C@@H]2CN(c3cnc4ccccc4n3)C[C@H]2O)on1. The van der Waals surface area contributed by atoms with Crippen LogP contribution in [0.1, 0.15) is 11.5 Å². The quantitative estimate of drug-likeness (QED) is 0.797. The van der Waals surface area contributed by atoms with Crippen molar-refractivity contribution in [1.29, 1.82) is 0 Å². The van der Waals surface area contributed by atoms with Gasteiger partial charge in [0.15, 0.2) is 0 Å². The number of fused-ring (bicyclic) bond motifs is 1. The summed E-state index contributed by atoms with van der Waals surface area (Å²) in [6, 6.07) is 9.72. The molecule has 0 unspecified atom stereocenters. The van der Waals surface area contributed by atoms with E-state index in [9.17, 15) is 5.11 Å². The van der Waals surface area contributed by atoms with Crippen LogP contribution in [-0.4, -0.2) is 39.4 Å². The number of para-hydroxylation sites is 2. The maximum atomic E-state index is 10.4. The predicted molar refractivity (Wildman–Crippen MR) is 86.2 cm³/mol. The molecule has 1 aliphatic heterocycles. The second-order valence-electron chi connectivity index (χ2n) is 6.09. The Balaban J connectivity index is 1.53. The summed E-state index contributed by atoms with van der Waals surface area (Å²) in [5.41, 5.74) is 2.61. The molecule has 1 aromatic carbocycles. The molecule has 0 saturated carbocycles. The molecule has 1 N–H and O–H groups in total. The molecule has 4 rings (SSSR count). The molecule has 6 nitrogen and oxygen atoms in total. The van der Waals surface area contributed by atoms with Gasteiger partial charge in [0.2, 0.25) is 0 Å². The van der Waals surface area contributed by atoms with E-state index in [0.717, 1.165) is 34.9 Å². The first-order valence-electron chi connectivity index (χ1n) is 7.76. The summed E-state index contributed by atoms with van der Waals surface area (Å²) in [5, 5.41) is 14.3. The van der Waals surface area contributed by atoms with Crippen molar-refractivity contribution in [2.45, 2.75) is 19.4 Å². The maximum absolute atomic E-state index is 10.4. The van der Waals surface area contributed by atoms with Crippen LogP contribution in [-0.2, 0) is 6.42 Å². The fraction of sp³-hybridized carbons (Fsp3) is 0.353. The standard InChI is InChI=1S/C17H18N4O2/c1-11-6-13(23-20-11)7-12-9-21(10-16(12)22)17-8-18-14-4-2-3-5-15(14)19-17/h2-6,8,12,16,22H,7,9-10H2,1H3/t12-,16-/m1/s1. The van der Waals surface area contributed by atoms with Crippen LogP contribution in [0.3, 0.4) is 0 Å². The number of hydrogen-bond acceptors (Lipinski definition) is 6. The Hall–Kier alpha value is -2.47. The van der Waals surface area contributed by atoms with Gasteiger partial charge in [-0.3, -0.25) is 4.98 Å². The predicted octanol–water partition coefficient (Wildman–Crippen LogP) is 1.97. The van der Waals surface area contributed by atoms with Crippen LogP contribution in [0, 0.1) is 12.8 Å². The van der Waals surface area contributed by atoms with E-state index in [2.05, 4.69) is 20.0 Å². The summed E-state index contributed by atoms with van der Waals surface area (Å²) < 4.78 is 5.27. The van der Waals surface area contributed by atoms with Crippen molar-refractivity contribution in [1.82, 2.24) is 15.1 Å². The highest BCUT2D eigenvalue weighted by molar-refractivity contribution is 5.75. The van der Waals surface area contributed by atoms with E-state index in [-0.39, 0.29) is 5.92 Å². The van der Waals surface area contributed by atoms with Gasteiger partial charge in [0.05, 0.1) is 29.0 Å². The van der Waals surface area contributed by atoms with Crippen LogP contribution < -0.4 is 4.90 Å². The molecule has 1 aliphatic rings. The summed E-state index contributed by atoms with van der Waals surface area (Å²) in [7, 11) is 0. The number of aliphatic hydroxyl groups is 1. The number of aromatic nitrogens is 3. The van der Waals surface area contributed by atoms with Crippen LogP contribution in [0.2, 0.25) is 0 Å². The van der Waals surface area contributed by atoms with Crippen LogP contribution in [0.25, 0.3) is 11.0 Å². The number of aryl methyl sites for hydroxylation is 1. The summed E-state index contributed by atoms with van der Waals surface area (Å²) in [6.07, 6.45) is 2.05. The Morgan fingerprint density at radius 3 is 2.87 bits per heavy atom. The summed E-state index contributed by atoms with van der Waals surface area (Å²) in [5.74, 6) is 1.73. The second kappa shape index (κ2) is 5.62. The molecule has 0 spiro atoms. The van der Waals surface area contributed by atoms with Gasteiger partial charge in [-0.15, -0.1) is 0 Å². The number of hydrogen-bond donors (Lipinski definition) is 1. The summed E-state index contributed by atoms with van der Waals surface area (Å²) in [4.78, 5) is 11.2. The Kier molecular flexibility index (Phi) is 3.46. The number of rotatable bonds is 3. The van der Waals surface area contributed by atoms with Crippen molar-refractivity contribution < 1.29 is 9.63 Å². The Bertz CT molecular complexity index is 832. The molecule has 0 bridgehead atoms. The summed E-state index contributed by atoms with van der Waals surface area (Å²) in [6.45, 7) is 3.19. The first kappa shape index (κ1) is 14.1. The highest BCUT2D eigenvalue weighted by Gasteiger charge is 2.33. The lowest BCUT2D eigenvalue weighted by atomic mass is 10.0. The van der Waals surface area contributed by atoms with Gasteiger partial charge in [0.25, 0.3) is 0 Å². The lowest BCUT2D eigenvalue weighted by molar-refractivity contribution is 0.143. The molecule has 2 aromatic heterocycles. The third-order valence-electron chi connectivity index (χ3n) is 4.31. The number of β-amino-alcohol motifs (C(OH)–C–C–N with tert-alkyl or cyclic N) is 1. The first-order valence-corrected chi connectivity index (χ1v) is 7.76. The van der Waals surface area contributed by atoms with E-state index >= 15 is 0 Å². The molecule has 3 aromatic rings. The van der Waals surface area contributed by atoms with Crippen LogP contribution >= 0.6 is 0 Å². The normalized spacial score (nSPS) is 21.2. The fourth-order valence-corrected chi connectivity index (χ4v) is 3.11. The zero-order valence-corrected chi connectivity index (χ0v) is 12.9. The van der Waals surface area contributed by atoms with Gasteiger partial charge in [-0.2, -0.15) is 0 Å². The highest BCUT2D eigenvalue weighted by atomic mass is 16.5. The van der Waals surface area contributed by atoms with Gasteiger partial charge in [-0.1, -0.05) is 17.3 Å². The topological polar surface area (TPSA) is 75.3 Å². The molecule has 3 heterocycles. The second-order valence-corrected chi connectivity index (χ2v) is 6.09. The first-order chi connectivity index (χ1) is 11.2.